The van der Waals surface area contributed by atoms with Gasteiger partial charge in [0.15, 0.2) is 17.9 Å². The van der Waals surface area contributed by atoms with Gasteiger partial charge in [-0.25, -0.2) is 0 Å². The first kappa shape index (κ1) is 61.8. The number of benzene rings is 1. The number of anilines is 1. The number of ether oxygens (including phenoxy) is 1. The Morgan fingerprint density at radius 1 is 0.964 bits per heavy atom. The van der Waals surface area contributed by atoms with E-state index < -0.39 is 11.8 Å². The molecule has 13 nitrogen and oxygen atoms in total. The van der Waals surface area contributed by atoms with Crippen LogP contribution in [0.1, 0.15) is 114 Å². The monoisotopic (exact) mass is 852 g/mol. The second-order valence-electron chi connectivity index (χ2n) is 11.9. The van der Waals surface area contributed by atoms with Crippen molar-refractivity contribution in [3.05, 3.63) is 24.3 Å². The van der Waals surface area contributed by atoms with Crippen LogP contribution >= 0.6 is 33.4 Å². The van der Waals surface area contributed by atoms with E-state index in [9.17, 15) is 28.8 Å². The molecule has 3 aliphatic rings. The number of aldehydes is 1. The summed E-state index contributed by atoms with van der Waals surface area (Å²) >= 11 is 0. The lowest BCUT2D eigenvalue weighted by atomic mass is 9.82. The summed E-state index contributed by atoms with van der Waals surface area (Å²) in [4.78, 5) is 72.6. The van der Waals surface area contributed by atoms with E-state index in [1.165, 1.54) is 26.5 Å². The number of carboxylic acid groups (broad SMARTS) is 1. The number of methoxy groups -OCH3 is 1. The molecule has 0 spiro atoms. The van der Waals surface area contributed by atoms with Gasteiger partial charge in [-0.15, -0.1) is 0 Å². The number of aliphatic carboxylic acids is 1. The molecule has 0 aromatic heterocycles. The van der Waals surface area contributed by atoms with E-state index in [1.54, 1.807) is 26.2 Å². The summed E-state index contributed by atoms with van der Waals surface area (Å²) in [6, 6.07) is 6.78. The van der Waals surface area contributed by atoms with Crippen molar-refractivity contribution < 1.29 is 43.4 Å². The van der Waals surface area contributed by atoms with Crippen molar-refractivity contribution in [3.63, 3.8) is 0 Å². The summed E-state index contributed by atoms with van der Waals surface area (Å²) in [7, 11) is 5.21. The minimum Gasteiger partial charge on any atom is -0.497 e. The molecule has 0 amide bonds. The highest BCUT2D eigenvalue weighted by Crippen LogP contribution is 2.40. The van der Waals surface area contributed by atoms with E-state index in [0.29, 0.717) is 20.6 Å². The number of ketones is 5. The Labute approximate surface area is 338 Å². The SMILES string of the molecule is C.C.C.CC(=O)C=NP(C)P.CC(=O)C=O.COc1ccc(N)cc1.CPPNC(C(C)=O)C1CCCCC1=O.O=C(O)C1CCCN1.O=C1CCCCC1. The summed E-state index contributed by atoms with van der Waals surface area (Å²) in [5.74, 6) is 0.504. The van der Waals surface area contributed by atoms with Crippen molar-refractivity contribution >= 4 is 86.5 Å². The summed E-state index contributed by atoms with van der Waals surface area (Å²) in [6.45, 7) is 9.21. The third-order valence-electron chi connectivity index (χ3n) is 7.27. The molecule has 0 radical (unpaired) electrons. The predicted octanol–water partition coefficient (Wildman–Crippen LogP) is 7.88. The fourth-order valence-corrected chi connectivity index (χ4v) is 6.76. The molecule has 1 aromatic rings. The van der Waals surface area contributed by atoms with E-state index in [1.807, 2.05) is 18.8 Å². The molecule has 5 N–H and O–H groups in total. The Morgan fingerprint density at radius 3 is 1.82 bits per heavy atom. The minimum absolute atomic E-state index is 0. The van der Waals surface area contributed by atoms with Gasteiger partial charge in [-0.1, -0.05) is 52.3 Å². The number of carbonyl (C=O) groups excluding carboxylic acids is 6. The number of hydrogen-bond donors (Lipinski definition) is 4. The average molecular weight is 853 g/mol. The normalized spacial score (nSPS) is 18.1. The Bertz CT molecular complexity index is 1240. The topological polar surface area (TPSA) is 211 Å². The lowest BCUT2D eigenvalue weighted by Gasteiger charge is -2.27. The zero-order valence-electron chi connectivity index (χ0n) is 31.4. The average Bonchev–Trinajstić information content (AvgIpc) is 3.66. The van der Waals surface area contributed by atoms with E-state index in [2.05, 4.69) is 30.8 Å². The van der Waals surface area contributed by atoms with E-state index >= 15 is 0 Å². The molecule has 4 rings (SSSR count). The third kappa shape index (κ3) is 37.0. The maximum atomic E-state index is 11.7. The largest absolute Gasteiger partial charge is 0.497 e. The number of nitrogen functional groups attached to an aromatic ring is 1. The maximum Gasteiger partial charge on any atom is 0.320 e. The van der Waals surface area contributed by atoms with E-state index in [-0.39, 0.29) is 71.7 Å². The Hall–Kier alpha value is -2.38. The van der Waals surface area contributed by atoms with Crippen molar-refractivity contribution in [2.45, 2.75) is 126 Å². The molecule has 2 aliphatic carbocycles. The van der Waals surface area contributed by atoms with Gasteiger partial charge in [-0.05, 0) is 98.0 Å². The number of hydrogen-bond acceptors (Lipinski definition) is 12. The van der Waals surface area contributed by atoms with Crippen LogP contribution in [0.2, 0.25) is 0 Å². The van der Waals surface area contributed by atoms with Crippen molar-refractivity contribution in [3.8, 4) is 5.75 Å². The third-order valence-corrected chi connectivity index (χ3v) is 10.0. The minimum atomic E-state index is -0.720. The van der Waals surface area contributed by atoms with Gasteiger partial charge in [-0.3, -0.25) is 43.4 Å². The molecular formula is C38H72N4O9P4. The highest BCUT2D eigenvalue weighted by molar-refractivity contribution is 8.12. The highest BCUT2D eigenvalue weighted by atomic mass is 32.0. The van der Waals surface area contributed by atoms with Crippen LogP contribution in [0.15, 0.2) is 29.0 Å². The number of carboxylic acids is 1. The molecule has 55 heavy (non-hydrogen) atoms. The quantitative estimate of drug-likeness (QED) is 0.0582. The van der Waals surface area contributed by atoms with Crippen molar-refractivity contribution in [1.29, 1.82) is 0 Å². The second kappa shape index (κ2) is 39.8. The van der Waals surface area contributed by atoms with Crippen molar-refractivity contribution in [2.75, 3.05) is 32.7 Å². The molecule has 1 heterocycles. The molecule has 7 atom stereocenters. The van der Waals surface area contributed by atoms with Crippen molar-refractivity contribution in [2.24, 2.45) is 10.7 Å². The van der Waals surface area contributed by atoms with Crippen LogP contribution < -0.4 is 20.9 Å². The van der Waals surface area contributed by atoms with E-state index in [0.717, 1.165) is 84.0 Å². The zero-order valence-corrected chi connectivity index (χ0v) is 35.5. The van der Waals surface area contributed by atoms with Gasteiger partial charge in [0.25, 0.3) is 0 Å². The molecule has 3 fully saturated rings. The predicted molar refractivity (Wildman–Crippen MR) is 240 cm³/mol. The Balaban J connectivity index is -0.000000186. The molecular weight excluding hydrogens is 780 g/mol. The van der Waals surface area contributed by atoms with Gasteiger partial charge in [-0.2, -0.15) is 0 Å². The Morgan fingerprint density at radius 2 is 1.51 bits per heavy atom. The van der Waals surface area contributed by atoms with Gasteiger partial charge in [0.2, 0.25) is 0 Å². The maximum absolute atomic E-state index is 11.7. The standard InChI is InChI=1S/C10H19NO2P2.C7H9NO.C6H10O.C5H9NO2.C4H9NOP2.C3H4O2.3CH4/c1-7(12)10(11-15-14-2)8-5-3-4-6-9(8)13;1-9-7-4-2-6(8)3-5-7;7-6-4-2-1-3-5-6;7-5(8)4-2-1-3-6-4;1-4(6)3-5-8(2)7;1-3(5)2-4;;;/h8,10-11,14-15H,3-6H2,1-2H3;2-5H,8H2,1H3;1-5H2;4,6H,1-3H2,(H,7,8);3H,7H2,1-2H3;2H,1H3;3*1H4. The van der Waals surface area contributed by atoms with Crippen LogP contribution in [0.4, 0.5) is 5.69 Å². The molecule has 0 bridgehead atoms. The molecule has 2 saturated carbocycles. The molecule has 7 unspecified atom stereocenters. The summed E-state index contributed by atoms with van der Waals surface area (Å²) in [5, 5.41) is 14.4. The number of nitrogens with two attached hydrogens (primary N) is 1. The molecule has 1 aliphatic heterocycles. The van der Waals surface area contributed by atoms with Crippen LogP contribution in [-0.4, -0.2) is 91.6 Å². The smallest absolute Gasteiger partial charge is 0.320 e. The fourth-order valence-electron chi connectivity index (χ4n) is 4.62. The van der Waals surface area contributed by atoms with Crippen LogP contribution in [0.5, 0.6) is 5.75 Å². The summed E-state index contributed by atoms with van der Waals surface area (Å²) in [5.41, 5.74) is 6.19. The number of rotatable bonds is 10. The number of nitrogens with zero attached hydrogens (tertiary/aromatic N) is 1. The van der Waals surface area contributed by atoms with Gasteiger partial charge in [0, 0.05) is 52.5 Å². The van der Waals surface area contributed by atoms with Gasteiger partial charge in [0.1, 0.15) is 29.1 Å². The summed E-state index contributed by atoms with van der Waals surface area (Å²) in [6.07, 6.45) is 12.3. The highest BCUT2D eigenvalue weighted by Gasteiger charge is 2.32. The van der Waals surface area contributed by atoms with E-state index in [4.69, 9.17) is 20.4 Å². The molecule has 1 saturated heterocycles. The van der Waals surface area contributed by atoms with Gasteiger partial charge in [0.05, 0.1) is 19.4 Å². The van der Waals surface area contributed by atoms with Crippen LogP contribution in [0.3, 0.4) is 0 Å². The molecule has 318 valence electrons. The fraction of sp³-hybridized carbons (Fsp3) is 0.632. The zero-order chi connectivity index (χ0) is 39.9. The van der Waals surface area contributed by atoms with Crippen molar-refractivity contribution in [1.82, 2.24) is 10.4 Å². The number of Topliss-reactive ketones (excluding diaryl/α,β-unsaturated/α-hetero) is 5. The summed E-state index contributed by atoms with van der Waals surface area (Å²) < 4.78 is 8.79. The van der Waals surface area contributed by atoms with Crippen LogP contribution in [0.25, 0.3) is 0 Å². The van der Waals surface area contributed by atoms with Gasteiger partial charge >= 0.3 is 5.97 Å². The van der Waals surface area contributed by atoms with Gasteiger partial charge < -0.3 is 20.9 Å². The molecule has 1 aromatic carbocycles. The first-order valence-corrected chi connectivity index (χ1v) is 24.0. The first-order valence-electron chi connectivity index (χ1n) is 17.2. The lowest BCUT2D eigenvalue weighted by Crippen LogP contribution is -2.42. The first-order chi connectivity index (χ1) is 24.6. The van der Waals surface area contributed by atoms with Crippen LogP contribution in [-0.2, 0) is 33.6 Å². The Kier molecular flexibility index (Phi) is 44.8. The van der Waals surface area contributed by atoms with Crippen LogP contribution in [0, 0.1) is 5.92 Å². The lowest BCUT2D eigenvalue weighted by molar-refractivity contribution is -0.139. The number of nitrogens with one attached hydrogen (secondary N) is 2. The second-order valence-corrected chi connectivity index (χ2v) is 18.9. The number of carbonyl (C=O) groups is 7. The molecule has 17 heteroatoms.